The van der Waals surface area contributed by atoms with Crippen molar-refractivity contribution in [2.45, 2.75) is 26.2 Å². The molecule has 2 heterocycles. The summed E-state index contributed by atoms with van der Waals surface area (Å²) >= 11 is 1.64. The summed E-state index contributed by atoms with van der Waals surface area (Å²) in [5.74, 6) is -0.516. The standard InChI is InChI=1S/C19H20N2O2S/c1-3-11-4-6-12(7-5-11)21-18(22)13-8-9-15-14(17(13)19(21)23)10-16(20-15)24-2/h4-7,9,13-14,17H,3,8,10H2,1-2H3/t13-,14+,17-/m0/s1. The molecule has 24 heavy (non-hydrogen) atoms. The van der Waals surface area contributed by atoms with Gasteiger partial charge in [-0.25, -0.2) is 0 Å². The molecule has 5 heteroatoms. The molecule has 3 aliphatic rings. The number of carbonyl (C=O) groups excluding carboxylic acids is 2. The van der Waals surface area contributed by atoms with E-state index in [-0.39, 0.29) is 29.6 Å². The molecular formula is C19H20N2O2S. The number of anilines is 1. The highest BCUT2D eigenvalue weighted by atomic mass is 32.2. The summed E-state index contributed by atoms with van der Waals surface area (Å²) in [6.07, 6.45) is 6.42. The lowest BCUT2D eigenvalue weighted by Gasteiger charge is -2.25. The largest absolute Gasteiger partial charge is 0.274 e. The highest BCUT2D eigenvalue weighted by molar-refractivity contribution is 8.13. The second-order valence-corrected chi connectivity index (χ2v) is 7.43. The number of aliphatic imine (C=N–C) groups is 1. The summed E-state index contributed by atoms with van der Waals surface area (Å²) in [4.78, 5) is 32.0. The first-order chi connectivity index (χ1) is 11.6. The second-order valence-electron chi connectivity index (χ2n) is 6.55. The monoisotopic (exact) mass is 340 g/mol. The predicted octanol–water partition coefficient (Wildman–Crippen LogP) is 3.42. The average Bonchev–Trinajstić information content (AvgIpc) is 3.14. The smallest absolute Gasteiger partial charge is 0.238 e. The van der Waals surface area contributed by atoms with Gasteiger partial charge in [0.1, 0.15) is 0 Å². The van der Waals surface area contributed by atoms with Crippen molar-refractivity contribution < 1.29 is 9.59 Å². The maximum Gasteiger partial charge on any atom is 0.238 e. The van der Waals surface area contributed by atoms with Gasteiger partial charge in [0.15, 0.2) is 0 Å². The normalized spacial score (nSPS) is 28.6. The van der Waals surface area contributed by atoms with Crippen LogP contribution in [0.4, 0.5) is 5.69 Å². The number of fused-ring (bicyclic) bond motifs is 3. The van der Waals surface area contributed by atoms with E-state index in [1.165, 1.54) is 10.5 Å². The van der Waals surface area contributed by atoms with E-state index in [1.54, 1.807) is 11.8 Å². The van der Waals surface area contributed by atoms with Crippen molar-refractivity contribution in [2.75, 3.05) is 11.2 Å². The molecule has 0 radical (unpaired) electrons. The van der Waals surface area contributed by atoms with Gasteiger partial charge in [0, 0.05) is 18.0 Å². The van der Waals surface area contributed by atoms with E-state index in [9.17, 15) is 9.59 Å². The quantitative estimate of drug-likeness (QED) is 0.775. The molecule has 1 fully saturated rings. The van der Waals surface area contributed by atoms with Crippen LogP contribution in [-0.2, 0) is 16.0 Å². The van der Waals surface area contributed by atoms with Crippen molar-refractivity contribution in [2.24, 2.45) is 22.7 Å². The molecule has 3 atom stereocenters. The third-order valence-corrected chi connectivity index (χ3v) is 6.09. The number of aryl methyl sites for hydroxylation is 1. The van der Waals surface area contributed by atoms with Crippen LogP contribution in [0.3, 0.4) is 0 Å². The molecule has 0 spiro atoms. The first-order valence-electron chi connectivity index (χ1n) is 8.42. The van der Waals surface area contributed by atoms with Gasteiger partial charge < -0.3 is 0 Å². The maximum atomic E-state index is 13.1. The van der Waals surface area contributed by atoms with Gasteiger partial charge in [-0.15, -0.1) is 11.8 Å². The summed E-state index contributed by atoms with van der Waals surface area (Å²) in [5, 5.41) is 1.07. The topological polar surface area (TPSA) is 49.7 Å². The van der Waals surface area contributed by atoms with Crippen molar-refractivity contribution in [3.05, 3.63) is 41.6 Å². The number of nitrogens with zero attached hydrogens (tertiary/aromatic N) is 2. The number of amides is 2. The Labute approximate surface area is 146 Å². The number of imide groups is 1. The Morgan fingerprint density at radius 3 is 2.58 bits per heavy atom. The van der Waals surface area contributed by atoms with Gasteiger partial charge in [0.25, 0.3) is 0 Å². The van der Waals surface area contributed by atoms with Crippen LogP contribution in [0.5, 0.6) is 0 Å². The Bertz CT molecular complexity index is 766. The van der Waals surface area contributed by atoms with Crippen molar-refractivity contribution in [3.8, 4) is 0 Å². The third-order valence-electron chi connectivity index (χ3n) is 5.36. The molecule has 0 N–H and O–H groups in total. The molecule has 2 aliphatic heterocycles. The van der Waals surface area contributed by atoms with E-state index in [4.69, 9.17) is 0 Å². The first kappa shape index (κ1) is 15.6. The zero-order valence-corrected chi connectivity index (χ0v) is 14.7. The van der Waals surface area contributed by atoms with Gasteiger partial charge in [-0.2, -0.15) is 0 Å². The van der Waals surface area contributed by atoms with Crippen LogP contribution >= 0.6 is 11.8 Å². The number of benzene rings is 1. The van der Waals surface area contributed by atoms with Gasteiger partial charge in [0.2, 0.25) is 11.8 Å². The van der Waals surface area contributed by atoms with Crippen molar-refractivity contribution in [3.63, 3.8) is 0 Å². The second kappa shape index (κ2) is 5.88. The fourth-order valence-electron chi connectivity index (χ4n) is 4.03. The number of hydrogen-bond donors (Lipinski definition) is 0. The number of carbonyl (C=O) groups is 2. The SMILES string of the molecule is CCc1ccc(N2C(=O)[C@H]3[C@H](CC=C4N=C(SC)C[C@H]43)C2=O)cc1. The Morgan fingerprint density at radius 2 is 1.92 bits per heavy atom. The zero-order valence-electron chi connectivity index (χ0n) is 13.9. The van der Waals surface area contributed by atoms with E-state index in [1.807, 2.05) is 30.5 Å². The molecule has 2 amide bonds. The van der Waals surface area contributed by atoms with Crippen LogP contribution in [0.15, 0.2) is 41.0 Å². The molecular weight excluding hydrogens is 320 g/mol. The average molecular weight is 340 g/mol. The minimum Gasteiger partial charge on any atom is -0.274 e. The lowest BCUT2D eigenvalue weighted by Crippen LogP contribution is -2.32. The number of thioether (sulfide) groups is 1. The van der Waals surface area contributed by atoms with Gasteiger partial charge in [-0.1, -0.05) is 25.1 Å². The number of hydrogen-bond acceptors (Lipinski definition) is 4. The van der Waals surface area contributed by atoms with Crippen LogP contribution in [0, 0.1) is 17.8 Å². The summed E-state index contributed by atoms with van der Waals surface area (Å²) in [5.41, 5.74) is 2.90. The first-order valence-corrected chi connectivity index (χ1v) is 9.65. The highest BCUT2D eigenvalue weighted by Crippen LogP contribution is 2.48. The van der Waals surface area contributed by atoms with Gasteiger partial charge in [-0.05, 0) is 36.8 Å². The molecule has 0 bridgehead atoms. The number of rotatable bonds is 2. The van der Waals surface area contributed by atoms with E-state index in [0.29, 0.717) is 12.1 Å². The fraction of sp³-hybridized carbons (Fsp3) is 0.421. The van der Waals surface area contributed by atoms with E-state index >= 15 is 0 Å². The third kappa shape index (κ3) is 2.25. The van der Waals surface area contributed by atoms with Crippen LogP contribution < -0.4 is 4.90 Å². The maximum absolute atomic E-state index is 13.1. The lowest BCUT2D eigenvalue weighted by molar-refractivity contribution is -0.122. The van der Waals surface area contributed by atoms with Crippen molar-refractivity contribution in [1.29, 1.82) is 0 Å². The summed E-state index contributed by atoms with van der Waals surface area (Å²) in [6.45, 7) is 2.09. The fourth-order valence-corrected chi connectivity index (χ4v) is 4.58. The van der Waals surface area contributed by atoms with Crippen LogP contribution in [0.1, 0.15) is 25.3 Å². The Kier molecular flexibility index (Phi) is 3.83. The lowest BCUT2D eigenvalue weighted by atomic mass is 9.75. The molecule has 1 saturated heterocycles. The Balaban J connectivity index is 1.65. The molecule has 0 saturated carbocycles. The minimum atomic E-state index is -0.253. The molecule has 1 aliphatic carbocycles. The molecule has 0 unspecified atom stereocenters. The van der Waals surface area contributed by atoms with Gasteiger partial charge in [-0.3, -0.25) is 19.5 Å². The van der Waals surface area contributed by atoms with E-state index < -0.39 is 0 Å². The van der Waals surface area contributed by atoms with Gasteiger partial charge >= 0.3 is 0 Å². The minimum absolute atomic E-state index is 0.0533. The van der Waals surface area contributed by atoms with Crippen LogP contribution in [-0.4, -0.2) is 23.1 Å². The van der Waals surface area contributed by atoms with E-state index in [0.717, 1.165) is 23.6 Å². The summed E-state index contributed by atoms with van der Waals surface area (Å²) in [6, 6.07) is 7.76. The Hall–Kier alpha value is -1.88. The Morgan fingerprint density at radius 1 is 1.17 bits per heavy atom. The molecule has 0 aromatic heterocycles. The van der Waals surface area contributed by atoms with Crippen LogP contribution in [0.25, 0.3) is 0 Å². The molecule has 4 nitrogen and oxygen atoms in total. The molecule has 1 aromatic carbocycles. The summed E-state index contributed by atoms with van der Waals surface area (Å²) in [7, 11) is 0. The highest BCUT2D eigenvalue weighted by Gasteiger charge is 2.54. The van der Waals surface area contributed by atoms with Crippen molar-refractivity contribution in [1.82, 2.24) is 0 Å². The number of allylic oxidation sites excluding steroid dienone is 2. The summed E-state index contributed by atoms with van der Waals surface area (Å²) < 4.78 is 0. The molecule has 4 rings (SSSR count). The van der Waals surface area contributed by atoms with Gasteiger partial charge in [0.05, 0.1) is 22.6 Å². The van der Waals surface area contributed by atoms with E-state index in [2.05, 4.69) is 18.0 Å². The zero-order chi connectivity index (χ0) is 16.8. The molecule has 1 aromatic rings. The van der Waals surface area contributed by atoms with Crippen molar-refractivity contribution >= 4 is 34.3 Å². The predicted molar refractivity (Wildman–Crippen MR) is 97.1 cm³/mol. The molecule has 124 valence electrons. The van der Waals surface area contributed by atoms with Crippen LogP contribution in [0.2, 0.25) is 0 Å².